The first kappa shape index (κ1) is 15.9. The van der Waals surface area contributed by atoms with E-state index < -0.39 is 0 Å². The van der Waals surface area contributed by atoms with Crippen molar-refractivity contribution < 1.29 is 0 Å². The lowest BCUT2D eigenvalue weighted by atomic mass is 10.3. The van der Waals surface area contributed by atoms with Crippen molar-refractivity contribution in [1.29, 1.82) is 0 Å². The Labute approximate surface area is 153 Å². The molecule has 0 saturated carbocycles. The fourth-order valence-corrected chi connectivity index (χ4v) is 4.34. The zero-order chi connectivity index (χ0) is 16.7. The third-order valence-electron chi connectivity index (χ3n) is 4.03. The minimum atomic E-state index is 0.301. The van der Waals surface area contributed by atoms with Crippen LogP contribution in [0, 0.1) is 6.92 Å². The highest BCUT2D eigenvalue weighted by Gasteiger charge is 2.21. The highest BCUT2D eigenvalue weighted by Crippen LogP contribution is 2.31. The Hall–Kier alpha value is -1.63. The van der Waals surface area contributed by atoms with Crippen molar-refractivity contribution in [3.05, 3.63) is 40.3 Å². The van der Waals surface area contributed by atoms with Crippen molar-refractivity contribution >= 4 is 55.7 Å². The van der Waals surface area contributed by atoms with Crippen molar-refractivity contribution in [1.82, 2.24) is 15.0 Å². The molecule has 5 nitrogen and oxygen atoms in total. The molecule has 0 atom stereocenters. The maximum atomic E-state index is 6.06. The van der Waals surface area contributed by atoms with Crippen LogP contribution < -0.4 is 9.80 Å². The Bertz CT molecular complexity index is 869. The first-order valence-electron chi connectivity index (χ1n) is 7.66. The molecule has 8 heteroatoms. The molecule has 0 N–H and O–H groups in total. The van der Waals surface area contributed by atoms with E-state index in [1.165, 1.54) is 0 Å². The van der Waals surface area contributed by atoms with E-state index in [0.717, 1.165) is 58.1 Å². The molecule has 0 radical (unpaired) electrons. The minimum absolute atomic E-state index is 0.301. The zero-order valence-corrected chi connectivity index (χ0v) is 15.4. The van der Waals surface area contributed by atoms with Gasteiger partial charge in [-0.25, -0.2) is 15.0 Å². The number of thiazole rings is 1. The van der Waals surface area contributed by atoms with Crippen molar-refractivity contribution in [2.75, 3.05) is 36.0 Å². The van der Waals surface area contributed by atoms with Gasteiger partial charge >= 0.3 is 0 Å². The van der Waals surface area contributed by atoms with Gasteiger partial charge in [-0.1, -0.05) is 22.9 Å². The van der Waals surface area contributed by atoms with E-state index in [0.29, 0.717) is 5.28 Å². The number of nitrogens with zero attached hydrogens (tertiary/aromatic N) is 5. The van der Waals surface area contributed by atoms with Gasteiger partial charge in [0.2, 0.25) is 5.28 Å². The molecular formula is C16H15Cl2N5S. The molecular weight excluding hydrogens is 365 g/mol. The molecule has 1 saturated heterocycles. The van der Waals surface area contributed by atoms with E-state index in [-0.39, 0.29) is 0 Å². The summed E-state index contributed by atoms with van der Waals surface area (Å²) < 4.78 is 1.12. The highest BCUT2D eigenvalue weighted by molar-refractivity contribution is 7.22. The van der Waals surface area contributed by atoms with Crippen LogP contribution in [0.5, 0.6) is 0 Å². The van der Waals surface area contributed by atoms with E-state index in [2.05, 4.69) is 19.8 Å². The maximum absolute atomic E-state index is 6.06. The van der Waals surface area contributed by atoms with E-state index in [4.69, 9.17) is 28.2 Å². The first-order valence-corrected chi connectivity index (χ1v) is 9.23. The largest absolute Gasteiger partial charge is 0.353 e. The van der Waals surface area contributed by atoms with Crippen LogP contribution in [0.2, 0.25) is 10.3 Å². The molecule has 0 bridgehead atoms. The smallest absolute Gasteiger partial charge is 0.224 e. The van der Waals surface area contributed by atoms with Crippen LogP contribution >= 0.6 is 34.5 Å². The summed E-state index contributed by atoms with van der Waals surface area (Å²) in [7, 11) is 0. The van der Waals surface area contributed by atoms with E-state index in [1.807, 2.05) is 31.2 Å². The summed E-state index contributed by atoms with van der Waals surface area (Å²) in [5.74, 6) is 0.892. The maximum Gasteiger partial charge on any atom is 0.224 e. The van der Waals surface area contributed by atoms with Crippen molar-refractivity contribution in [2.45, 2.75) is 6.92 Å². The average Bonchev–Trinajstić information content (AvgIpc) is 2.97. The number of rotatable bonds is 2. The SMILES string of the molecule is Cc1cc(N2CCN(c3nc4ccc(Cl)cc4s3)CC2)nc(Cl)n1. The lowest BCUT2D eigenvalue weighted by Crippen LogP contribution is -2.46. The summed E-state index contributed by atoms with van der Waals surface area (Å²) in [6.45, 7) is 5.48. The van der Waals surface area contributed by atoms with Gasteiger partial charge in [-0.15, -0.1) is 0 Å². The van der Waals surface area contributed by atoms with Gasteiger partial charge in [0.1, 0.15) is 5.82 Å². The molecule has 0 aliphatic carbocycles. The molecule has 3 heterocycles. The summed E-state index contributed by atoms with van der Waals surface area (Å²) in [6, 6.07) is 7.80. The van der Waals surface area contributed by atoms with Crippen LogP contribution in [0.1, 0.15) is 5.69 Å². The average molecular weight is 380 g/mol. The summed E-state index contributed by atoms with van der Waals surface area (Å²) in [6.07, 6.45) is 0. The first-order chi connectivity index (χ1) is 11.6. The number of fused-ring (bicyclic) bond motifs is 1. The highest BCUT2D eigenvalue weighted by atomic mass is 35.5. The molecule has 3 aromatic rings. The van der Waals surface area contributed by atoms with Gasteiger partial charge in [0.25, 0.3) is 0 Å². The number of hydrogen-bond donors (Lipinski definition) is 0. The van der Waals surface area contributed by atoms with Crippen molar-refractivity contribution in [3.8, 4) is 0 Å². The predicted molar refractivity (Wildman–Crippen MR) is 101 cm³/mol. The lowest BCUT2D eigenvalue weighted by molar-refractivity contribution is 0.645. The van der Waals surface area contributed by atoms with Crippen LogP contribution in [0.3, 0.4) is 0 Å². The zero-order valence-electron chi connectivity index (χ0n) is 13.0. The van der Waals surface area contributed by atoms with Gasteiger partial charge in [0.05, 0.1) is 10.2 Å². The quantitative estimate of drug-likeness (QED) is 0.629. The van der Waals surface area contributed by atoms with E-state index in [9.17, 15) is 0 Å². The predicted octanol–water partition coefficient (Wildman–Crippen LogP) is 4.03. The second kappa shape index (κ2) is 6.35. The number of benzene rings is 1. The third-order valence-corrected chi connectivity index (χ3v) is 5.51. The Balaban J connectivity index is 1.50. The van der Waals surface area contributed by atoms with Crippen LogP contribution in [-0.4, -0.2) is 41.1 Å². The van der Waals surface area contributed by atoms with Gasteiger partial charge in [-0.3, -0.25) is 0 Å². The molecule has 1 aromatic carbocycles. The summed E-state index contributed by atoms with van der Waals surface area (Å²) in [4.78, 5) is 17.7. The number of hydrogen-bond acceptors (Lipinski definition) is 6. The fraction of sp³-hybridized carbons (Fsp3) is 0.312. The topological polar surface area (TPSA) is 45.2 Å². The van der Waals surface area contributed by atoms with E-state index in [1.54, 1.807) is 11.3 Å². The second-order valence-electron chi connectivity index (χ2n) is 5.72. The van der Waals surface area contributed by atoms with Crippen LogP contribution in [0.25, 0.3) is 10.2 Å². The molecule has 4 rings (SSSR count). The Morgan fingerprint density at radius 3 is 2.46 bits per heavy atom. The molecule has 0 amide bonds. The Morgan fingerprint density at radius 2 is 1.71 bits per heavy atom. The molecule has 0 unspecified atom stereocenters. The second-order valence-corrected chi connectivity index (χ2v) is 7.50. The molecule has 0 spiro atoms. The van der Waals surface area contributed by atoms with Gasteiger partial charge < -0.3 is 9.80 Å². The molecule has 1 fully saturated rings. The fourth-order valence-electron chi connectivity index (χ4n) is 2.83. The van der Waals surface area contributed by atoms with Gasteiger partial charge in [-0.2, -0.15) is 0 Å². The molecule has 124 valence electrons. The summed E-state index contributed by atoms with van der Waals surface area (Å²) in [5, 5.41) is 2.10. The van der Waals surface area contributed by atoms with Gasteiger partial charge in [0, 0.05) is 43.0 Å². The van der Waals surface area contributed by atoms with Crippen LogP contribution in [0.15, 0.2) is 24.3 Å². The Kier molecular flexibility index (Phi) is 4.20. The van der Waals surface area contributed by atoms with Crippen molar-refractivity contribution in [2.24, 2.45) is 0 Å². The lowest BCUT2D eigenvalue weighted by Gasteiger charge is -2.35. The summed E-state index contributed by atoms with van der Waals surface area (Å²) in [5.41, 5.74) is 1.88. The summed E-state index contributed by atoms with van der Waals surface area (Å²) >= 11 is 13.7. The number of halogens is 2. The standard InChI is InChI=1S/C16H15Cl2N5S/c1-10-8-14(21-15(18)19-10)22-4-6-23(7-5-22)16-20-12-3-2-11(17)9-13(12)24-16/h2-3,8-9H,4-7H2,1H3. The van der Waals surface area contributed by atoms with Crippen LogP contribution in [-0.2, 0) is 0 Å². The Morgan fingerprint density at radius 1 is 0.958 bits per heavy atom. The number of aryl methyl sites for hydroxylation is 1. The number of piperazine rings is 1. The van der Waals surface area contributed by atoms with Crippen LogP contribution in [0.4, 0.5) is 10.9 Å². The number of anilines is 2. The van der Waals surface area contributed by atoms with Crippen molar-refractivity contribution in [3.63, 3.8) is 0 Å². The monoisotopic (exact) mass is 379 g/mol. The minimum Gasteiger partial charge on any atom is -0.353 e. The van der Waals surface area contributed by atoms with Gasteiger partial charge in [-0.05, 0) is 36.7 Å². The normalized spacial score (nSPS) is 15.3. The van der Waals surface area contributed by atoms with E-state index >= 15 is 0 Å². The third kappa shape index (κ3) is 3.14. The molecule has 24 heavy (non-hydrogen) atoms. The number of aromatic nitrogens is 3. The molecule has 2 aromatic heterocycles. The molecule has 1 aliphatic rings. The van der Waals surface area contributed by atoms with Gasteiger partial charge in [0.15, 0.2) is 5.13 Å². The molecule has 1 aliphatic heterocycles.